The fourth-order valence-corrected chi connectivity index (χ4v) is 2.64. The quantitative estimate of drug-likeness (QED) is 0.493. The Morgan fingerprint density at radius 3 is 2.15 bits per heavy atom. The van der Waals surface area contributed by atoms with Crippen molar-refractivity contribution in [2.45, 2.75) is 70.7 Å². The van der Waals surface area contributed by atoms with Crippen LogP contribution in [0.25, 0.3) is 0 Å². The molecule has 0 aliphatic carbocycles. The topological polar surface area (TPSA) is 82.1 Å². The van der Waals surface area contributed by atoms with Crippen LogP contribution in [0.3, 0.4) is 0 Å². The van der Waals surface area contributed by atoms with Gasteiger partial charge in [-0.1, -0.05) is 45.4 Å². The van der Waals surface area contributed by atoms with Gasteiger partial charge in [0.25, 0.3) is 0 Å². The summed E-state index contributed by atoms with van der Waals surface area (Å²) in [5.74, 6) is 0. The molecule has 0 atom stereocenters. The minimum absolute atomic E-state index is 0.126. The summed E-state index contributed by atoms with van der Waals surface area (Å²) in [4.78, 5) is 0. The van der Waals surface area contributed by atoms with E-state index in [1.807, 2.05) is 0 Å². The van der Waals surface area contributed by atoms with E-state index in [0.29, 0.717) is 0 Å². The highest BCUT2D eigenvalue weighted by molar-refractivity contribution is 7.80. The van der Waals surface area contributed by atoms with Crippen molar-refractivity contribution in [3.63, 3.8) is 0 Å². The first-order chi connectivity index (χ1) is 9.51. The molecule has 0 bridgehead atoms. The van der Waals surface area contributed by atoms with Gasteiger partial charge in [0.1, 0.15) is 6.10 Å². The lowest BCUT2D eigenvalue weighted by molar-refractivity contribution is -0.213. The van der Waals surface area contributed by atoms with E-state index < -0.39 is 16.5 Å². The zero-order chi connectivity index (χ0) is 14.8. The van der Waals surface area contributed by atoms with Gasteiger partial charge >= 0.3 is 10.4 Å². The van der Waals surface area contributed by atoms with Crippen molar-refractivity contribution in [2.24, 2.45) is 0 Å². The molecule has 1 fully saturated rings. The lowest BCUT2D eigenvalue weighted by Gasteiger charge is -2.28. The van der Waals surface area contributed by atoms with Gasteiger partial charge in [-0.25, -0.2) is 4.18 Å². The Balaban J connectivity index is 2.00. The predicted molar refractivity (Wildman–Crippen MR) is 74.7 cm³/mol. The second kappa shape index (κ2) is 9.68. The van der Waals surface area contributed by atoms with Crippen LogP contribution in [0.4, 0.5) is 0 Å². The Bertz CT molecular complexity index is 335. The molecule has 0 unspecified atom stereocenters. The average Bonchev–Trinajstić information content (AvgIpc) is 2.38. The fourth-order valence-electron chi connectivity index (χ4n) is 2.19. The molecule has 0 amide bonds. The van der Waals surface area contributed by atoms with Gasteiger partial charge in [-0.3, -0.25) is 4.55 Å². The molecule has 0 saturated carbocycles. The van der Waals surface area contributed by atoms with Crippen molar-refractivity contribution < 1.29 is 26.6 Å². The van der Waals surface area contributed by atoms with E-state index >= 15 is 0 Å². The Morgan fingerprint density at radius 1 is 1.05 bits per heavy atom. The molecule has 0 aromatic rings. The molecule has 20 heavy (non-hydrogen) atoms. The van der Waals surface area contributed by atoms with Gasteiger partial charge in [0.2, 0.25) is 0 Å². The number of rotatable bonds is 10. The molecule has 1 heterocycles. The first-order valence-corrected chi connectivity index (χ1v) is 8.76. The lowest BCUT2D eigenvalue weighted by atomic mass is 10.1. The van der Waals surface area contributed by atoms with Crippen molar-refractivity contribution in [3.8, 4) is 0 Å². The highest BCUT2D eigenvalue weighted by Crippen LogP contribution is 2.16. The molecule has 7 heteroatoms. The number of ether oxygens (including phenoxy) is 2. The lowest BCUT2D eigenvalue weighted by Crippen LogP contribution is -2.38. The highest BCUT2D eigenvalue weighted by Gasteiger charge is 2.25. The number of hydrogen-bond acceptors (Lipinski definition) is 5. The zero-order valence-corrected chi connectivity index (χ0v) is 12.9. The van der Waals surface area contributed by atoms with Gasteiger partial charge in [-0.2, -0.15) is 8.42 Å². The number of unbranched alkanes of at least 4 members (excludes halogenated alkanes) is 6. The molecule has 0 spiro atoms. The SMILES string of the molecule is CCCCCCCCCC1OCC(OS(=O)(=O)O)CO1. The van der Waals surface area contributed by atoms with Crippen LogP contribution < -0.4 is 0 Å². The van der Waals surface area contributed by atoms with Gasteiger partial charge in [-0.15, -0.1) is 0 Å². The Labute approximate surface area is 121 Å². The summed E-state index contributed by atoms with van der Waals surface area (Å²) in [7, 11) is -4.43. The molecule has 0 aromatic carbocycles. The van der Waals surface area contributed by atoms with Gasteiger partial charge in [0.15, 0.2) is 6.29 Å². The van der Waals surface area contributed by atoms with Gasteiger partial charge < -0.3 is 9.47 Å². The molecule has 1 aliphatic rings. The first-order valence-electron chi connectivity index (χ1n) is 7.40. The largest absolute Gasteiger partial charge is 0.397 e. The molecule has 1 N–H and O–H groups in total. The maximum absolute atomic E-state index is 10.5. The summed E-state index contributed by atoms with van der Waals surface area (Å²) in [6.07, 6.45) is 8.38. The predicted octanol–water partition coefficient (Wildman–Crippen LogP) is 2.69. The summed E-state index contributed by atoms with van der Waals surface area (Å²) in [6, 6.07) is 0. The van der Waals surface area contributed by atoms with Crippen molar-refractivity contribution in [1.82, 2.24) is 0 Å². The first kappa shape index (κ1) is 17.8. The summed E-state index contributed by atoms with van der Waals surface area (Å²) >= 11 is 0. The van der Waals surface area contributed by atoms with E-state index in [4.69, 9.17) is 14.0 Å². The van der Waals surface area contributed by atoms with Crippen LogP contribution in [0, 0.1) is 0 Å². The summed E-state index contributed by atoms with van der Waals surface area (Å²) in [5.41, 5.74) is 0. The van der Waals surface area contributed by atoms with E-state index in [1.165, 1.54) is 32.1 Å². The van der Waals surface area contributed by atoms with Crippen molar-refractivity contribution in [2.75, 3.05) is 13.2 Å². The molecule has 1 saturated heterocycles. The van der Waals surface area contributed by atoms with Crippen LogP contribution in [0.2, 0.25) is 0 Å². The van der Waals surface area contributed by atoms with Crippen LogP contribution in [0.15, 0.2) is 0 Å². The molecule has 1 rings (SSSR count). The summed E-state index contributed by atoms with van der Waals surface area (Å²) < 4.78 is 44.7. The third kappa shape index (κ3) is 8.86. The molecular weight excluding hydrogens is 284 g/mol. The van der Waals surface area contributed by atoms with Crippen LogP contribution in [0.1, 0.15) is 58.3 Å². The summed E-state index contributed by atoms with van der Waals surface area (Å²) in [6.45, 7) is 2.46. The van der Waals surface area contributed by atoms with Crippen LogP contribution in [0.5, 0.6) is 0 Å². The smallest absolute Gasteiger partial charge is 0.350 e. The van der Waals surface area contributed by atoms with Gasteiger partial charge in [0.05, 0.1) is 13.2 Å². The highest BCUT2D eigenvalue weighted by atomic mass is 32.3. The second-order valence-corrected chi connectivity index (χ2v) is 6.20. The van der Waals surface area contributed by atoms with Crippen molar-refractivity contribution >= 4 is 10.4 Å². The van der Waals surface area contributed by atoms with Gasteiger partial charge in [-0.05, 0) is 12.8 Å². The molecule has 1 aliphatic heterocycles. The van der Waals surface area contributed by atoms with E-state index in [2.05, 4.69) is 11.1 Å². The van der Waals surface area contributed by atoms with E-state index in [1.54, 1.807) is 0 Å². The van der Waals surface area contributed by atoms with Gasteiger partial charge in [0, 0.05) is 0 Å². The fraction of sp³-hybridized carbons (Fsp3) is 1.00. The maximum atomic E-state index is 10.5. The molecule has 120 valence electrons. The Hall–Kier alpha value is -0.210. The molecular formula is C13H26O6S. The normalized spacial score (nSPS) is 23.9. The van der Waals surface area contributed by atoms with Crippen LogP contribution in [-0.4, -0.2) is 38.6 Å². The maximum Gasteiger partial charge on any atom is 0.397 e. The average molecular weight is 310 g/mol. The molecule has 0 aromatic heterocycles. The Kier molecular flexibility index (Phi) is 8.63. The zero-order valence-electron chi connectivity index (χ0n) is 12.1. The minimum Gasteiger partial charge on any atom is -0.350 e. The molecule has 6 nitrogen and oxygen atoms in total. The van der Waals surface area contributed by atoms with E-state index in [0.717, 1.165) is 19.3 Å². The summed E-state index contributed by atoms with van der Waals surface area (Å²) in [5, 5.41) is 0. The monoisotopic (exact) mass is 310 g/mol. The van der Waals surface area contributed by atoms with E-state index in [-0.39, 0.29) is 19.5 Å². The minimum atomic E-state index is -4.43. The second-order valence-electron chi connectivity index (χ2n) is 5.15. The van der Waals surface area contributed by atoms with Crippen LogP contribution >= 0.6 is 0 Å². The van der Waals surface area contributed by atoms with Crippen molar-refractivity contribution in [3.05, 3.63) is 0 Å². The Morgan fingerprint density at radius 2 is 1.60 bits per heavy atom. The van der Waals surface area contributed by atoms with E-state index in [9.17, 15) is 8.42 Å². The van der Waals surface area contributed by atoms with Crippen molar-refractivity contribution in [1.29, 1.82) is 0 Å². The number of hydrogen-bond donors (Lipinski definition) is 1. The third-order valence-electron chi connectivity index (χ3n) is 3.24. The molecule has 0 radical (unpaired) electrons. The third-order valence-corrected chi connectivity index (χ3v) is 3.75. The standard InChI is InChI=1S/C13H26O6S/c1-2-3-4-5-6-7-8-9-13-17-10-12(11-18-13)19-20(14,15)16/h12-13H,2-11H2,1H3,(H,14,15,16). The van der Waals surface area contributed by atoms with Crippen LogP contribution in [-0.2, 0) is 24.1 Å².